The van der Waals surface area contributed by atoms with Crippen LogP contribution in [-0.4, -0.2) is 102 Å². The van der Waals surface area contributed by atoms with Crippen LogP contribution in [0.5, 0.6) is 0 Å². The highest BCUT2D eigenvalue weighted by Gasteiger charge is 2.45. The zero-order valence-corrected chi connectivity index (χ0v) is 33.5. The molecule has 0 radical (unpaired) electrons. The lowest BCUT2D eigenvalue weighted by Crippen LogP contribution is -2.57. The van der Waals surface area contributed by atoms with E-state index in [0.29, 0.717) is 17.8 Å². The van der Waals surface area contributed by atoms with E-state index in [-0.39, 0.29) is 53.8 Å². The van der Waals surface area contributed by atoms with E-state index in [1.54, 1.807) is 40.0 Å². The molecule has 9 nitrogen and oxygen atoms in total. The molecular weight excluding hydrogens is 638 g/mol. The first-order valence-electron chi connectivity index (χ1n) is 18.7. The fourth-order valence-electron chi connectivity index (χ4n) is 7.50. The van der Waals surface area contributed by atoms with Gasteiger partial charge in [0.1, 0.15) is 5.92 Å². The van der Waals surface area contributed by atoms with Gasteiger partial charge in [-0.15, -0.1) is 4.58 Å². The van der Waals surface area contributed by atoms with Crippen LogP contribution < -0.4 is 5.32 Å². The van der Waals surface area contributed by atoms with Crippen LogP contribution in [0, 0.1) is 29.1 Å². The van der Waals surface area contributed by atoms with Crippen molar-refractivity contribution in [3.8, 4) is 0 Å². The van der Waals surface area contributed by atoms with Gasteiger partial charge in [0.15, 0.2) is 5.87 Å². The van der Waals surface area contributed by atoms with Gasteiger partial charge in [0.25, 0.3) is 11.9 Å². The third kappa shape index (κ3) is 11.2. The molecule has 1 aliphatic rings. The van der Waals surface area contributed by atoms with Crippen LogP contribution in [0.2, 0.25) is 0 Å². The number of likely N-dealkylation sites (tertiary alicyclic amines) is 1. The first kappa shape index (κ1) is 43.6. The molecule has 1 aliphatic heterocycles. The lowest BCUT2D eigenvalue weighted by molar-refractivity contribution is -0.481. The number of rotatable bonds is 20. The van der Waals surface area contributed by atoms with Crippen LogP contribution in [0.3, 0.4) is 0 Å². The van der Waals surface area contributed by atoms with Crippen molar-refractivity contribution in [3.05, 3.63) is 66.9 Å². The predicted molar refractivity (Wildman–Crippen MR) is 209 cm³/mol. The zero-order chi connectivity index (χ0) is 38.6. The summed E-state index contributed by atoms with van der Waals surface area (Å²) in [5.74, 6) is 2.16. The summed E-state index contributed by atoms with van der Waals surface area (Å²) in [5, 5.41) is 13.0. The average molecular weight is 707 g/mol. The maximum absolute atomic E-state index is 14.4. The minimum absolute atomic E-state index is 0.00252. The molecule has 51 heavy (non-hydrogen) atoms. The fraction of sp³-hybridized carbons (Fsp3) is 0.643. The van der Waals surface area contributed by atoms with Crippen LogP contribution in [0.25, 0.3) is 0 Å². The number of ether oxygens (including phenoxy) is 2. The zero-order valence-electron chi connectivity index (χ0n) is 33.5. The van der Waals surface area contributed by atoms with Gasteiger partial charge in [-0.05, 0) is 51.5 Å². The molecule has 1 saturated heterocycles. The number of carbonyl (C=O) groups is 2. The minimum atomic E-state index is -0.797. The van der Waals surface area contributed by atoms with Crippen LogP contribution in [0.4, 0.5) is 0 Å². The molecule has 2 N–H and O–H groups in total. The molecule has 9 heteroatoms. The Bertz CT molecular complexity index is 1390. The molecule has 0 spiro atoms. The summed E-state index contributed by atoms with van der Waals surface area (Å²) < 4.78 is 13.7. The highest BCUT2D eigenvalue weighted by molar-refractivity contribution is 5.85. The Morgan fingerprint density at radius 3 is 2.24 bits per heavy atom. The van der Waals surface area contributed by atoms with Crippen molar-refractivity contribution in [1.82, 2.24) is 15.1 Å². The second-order valence-electron chi connectivity index (χ2n) is 15.0. The Hall–Kier alpha value is -3.52. The quantitative estimate of drug-likeness (QED) is 0.0677. The van der Waals surface area contributed by atoms with Gasteiger partial charge in [0.2, 0.25) is 0 Å². The summed E-state index contributed by atoms with van der Waals surface area (Å²) >= 11 is 0. The van der Waals surface area contributed by atoms with Crippen molar-refractivity contribution in [3.63, 3.8) is 0 Å². The van der Waals surface area contributed by atoms with E-state index in [1.807, 2.05) is 19.9 Å². The molecule has 0 unspecified atom stereocenters. The number of nitrogens with one attached hydrogen (secondary N) is 2. The number of likely N-dealkylation sites (N-methyl/N-ethyl adjacent to an activating group) is 1. The number of hydrogen-bond donors (Lipinski definition) is 2. The van der Waals surface area contributed by atoms with Crippen molar-refractivity contribution in [2.75, 3.05) is 27.8 Å². The van der Waals surface area contributed by atoms with Gasteiger partial charge in [-0.3, -0.25) is 10.2 Å². The van der Waals surface area contributed by atoms with E-state index < -0.39 is 18.1 Å². The Morgan fingerprint density at radius 1 is 1.10 bits per heavy atom. The molecule has 0 saturated carbocycles. The SMILES string of the molecule is C=C=[N+](C(=O)[C@@H](C)C(=C)C)[C@H](C(=O)N(C)[C@@H]([C@@H](C)CC)[C@@H](CC(=N)N1CCC[C@H]1[C@H](OC)[C@@H](C)C(=C)N[C@H](C)Cc1ccccc1)OC)C(C)C. The number of carbonyl (C=O) groups excluding carboxylic acids is 2. The Balaban J connectivity index is 2.29. The highest BCUT2D eigenvalue weighted by atomic mass is 16.5. The number of benzene rings is 1. The largest absolute Gasteiger partial charge is 0.403 e. The molecule has 1 fully saturated rings. The molecule has 9 atom stereocenters. The minimum Gasteiger partial charge on any atom is -0.386 e. The maximum Gasteiger partial charge on any atom is 0.403 e. The third-order valence-corrected chi connectivity index (χ3v) is 10.9. The summed E-state index contributed by atoms with van der Waals surface area (Å²) in [6.07, 6.45) is 3.27. The topological polar surface area (TPSA) is 98.0 Å². The molecule has 1 aromatic rings. The molecule has 0 aliphatic carbocycles. The van der Waals surface area contributed by atoms with Crippen molar-refractivity contribution in [2.24, 2.45) is 23.7 Å². The molecule has 0 bridgehead atoms. The van der Waals surface area contributed by atoms with E-state index >= 15 is 0 Å². The molecule has 1 heterocycles. The van der Waals surface area contributed by atoms with E-state index in [0.717, 1.165) is 37.9 Å². The summed E-state index contributed by atoms with van der Waals surface area (Å²) in [6, 6.07) is 9.50. The van der Waals surface area contributed by atoms with Crippen LogP contribution in [-0.2, 0) is 25.5 Å². The predicted octanol–water partition coefficient (Wildman–Crippen LogP) is 6.72. The summed E-state index contributed by atoms with van der Waals surface area (Å²) in [7, 11) is 5.19. The van der Waals surface area contributed by atoms with Gasteiger partial charge < -0.3 is 24.6 Å². The standard InChI is InChI=1S/C42H68N5O4/c1-15-29(7)39(45(12)42(49)38(28(5)6)46(16-2)41(48)31(9)27(3)4)36(50-13)26-37(43)47-24-20-23-35(47)40(51-14)32(10)33(11)44-30(8)25-34-21-18-17-19-22-34/h17-19,21-22,28-32,35-36,38-40,43-44H,2-3,11,15,20,23-26H2,1,4-10,12-14H3/q+1/t29-,30+,31-,32-,35-,36+,38-,39-,40+/m0/s1. The number of hydrogen-bond acceptors (Lipinski definition) is 6. The highest BCUT2D eigenvalue weighted by Crippen LogP contribution is 2.31. The van der Waals surface area contributed by atoms with E-state index in [2.05, 4.69) is 87.8 Å². The Kier molecular flexibility index (Phi) is 17.5. The summed E-state index contributed by atoms with van der Waals surface area (Å²) in [5.41, 5.74) is 2.91. The number of methoxy groups -OCH3 is 2. The van der Waals surface area contributed by atoms with Gasteiger partial charge in [-0.25, -0.2) is 4.79 Å². The molecular formula is C42H68N5O4+. The van der Waals surface area contributed by atoms with Gasteiger partial charge in [0.05, 0.1) is 30.1 Å². The van der Waals surface area contributed by atoms with Crippen molar-refractivity contribution in [2.45, 2.75) is 124 Å². The second-order valence-corrected chi connectivity index (χ2v) is 15.0. The third-order valence-electron chi connectivity index (χ3n) is 10.9. The van der Waals surface area contributed by atoms with Gasteiger partial charge >= 0.3 is 5.91 Å². The van der Waals surface area contributed by atoms with E-state index in [1.165, 1.54) is 10.1 Å². The first-order chi connectivity index (χ1) is 24.0. The van der Waals surface area contributed by atoms with Gasteiger partial charge in [-0.2, -0.15) is 0 Å². The first-order valence-corrected chi connectivity index (χ1v) is 18.7. The molecule has 0 aromatic heterocycles. The second kappa shape index (κ2) is 20.5. The van der Waals surface area contributed by atoms with Crippen LogP contribution >= 0.6 is 0 Å². The normalized spacial score (nSPS) is 19.1. The number of amides is 2. The molecule has 1 aromatic carbocycles. The molecule has 284 valence electrons. The summed E-state index contributed by atoms with van der Waals surface area (Å²) in [4.78, 5) is 31.8. The summed E-state index contributed by atoms with van der Waals surface area (Å²) in [6.45, 7) is 28.9. The molecule has 2 rings (SSSR count). The van der Waals surface area contributed by atoms with Gasteiger partial charge in [0, 0.05) is 64.4 Å². The Labute approximate surface area is 309 Å². The van der Waals surface area contributed by atoms with Gasteiger partial charge in [-0.1, -0.05) is 90.1 Å². The lowest BCUT2D eigenvalue weighted by atomic mass is 9.89. The van der Waals surface area contributed by atoms with E-state index in [4.69, 9.17) is 9.47 Å². The van der Waals surface area contributed by atoms with Crippen LogP contribution in [0.1, 0.15) is 86.6 Å². The van der Waals surface area contributed by atoms with Crippen LogP contribution in [0.15, 0.2) is 61.3 Å². The average Bonchev–Trinajstić information content (AvgIpc) is 3.59. The number of amidine groups is 1. The van der Waals surface area contributed by atoms with E-state index in [9.17, 15) is 15.0 Å². The fourth-order valence-corrected chi connectivity index (χ4v) is 7.50. The maximum atomic E-state index is 14.4. The van der Waals surface area contributed by atoms with Crippen molar-refractivity contribution >= 4 is 23.5 Å². The van der Waals surface area contributed by atoms with Crippen molar-refractivity contribution < 1.29 is 23.6 Å². The Morgan fingerprint density at radius 2 is 1.73 bits per heavy atom. The number of nitrogens with zero attached hydrogens (tertiary/aromatic N) is 3. The smallest absolute Gasteiger partial charge is 0.386 e. The van der Waals surface area contributed by atoms with Crippen molar-refractivity contribution in [1.29, 1.82) is 5.41 Å². The monoisotopic (exact) mass is 707 g/mol. The lowest BCUT2D eigenvalue weighted by Gasteiger charge is -2.41. The molecule has 2 amide bonds.